The van der Waals surface area contributed by atoms with Crippen molar-refractivity contribution in [3.05, 3.63) is 35.4 Å². The molecule has 0 saturated carbocycles. The lowest BCUT2D eigenvalue weighted by Crippen LogP contribution is -2.37. The van der Waals surface area contributed by atoms with E-state index < -0.39 is 40.4 Å². The molecule has 21 heavy (non-hydrogen) atoms. The molecule has 0 aliphatic heterocycles. The van der Waals surface area contributed by atoms with E-state index in [9.17, 15) is 18.0 Å². The molecule has 9 heteroatoms. The number of nitrogens with one attached hydrogen (secondary N) is 1. The van der Waals surface area contributed by atoms with Gasteiger partial charge in [0.25, 0.3) is 0 Å². The molecule has 0 aromatic heterocycles. The van der Waals surface area contributed by atoms with Crippen LogP contribution in [0.5, 0.6) is 0 Å². The highest BCUT2D eigenvalue weighted by atomic mass is 32.2. The van der Waals surface area contributed by atoms with E-state index in [0.717, 1.165) is 0 Å². The maximum absolute atomic E-state index is 11.7. The zero-order valence-electron chi connectivity index (χ0n) is 11.1. The van der Waals surface area contributed by atoms with Gasteiger partial charge in [0, 0.05) is 6.54 Å². The van der Waals surface area contributed by atoms with E-state index in [0.29, 0.717) is 5.56 Å². The number of methoxy groups -OCH3 is 1. The summed E-state index contributed by atoms with van der Waals surface area (Å²) in [6.45, 7) is -0.631. The minimum atomic E-state index is -3.84. The molecule has 1 aromatic carbocycles. The van der Waals surface area contributed by atoms with Gasteiger partial charge < -0.3 is 14.9 Å². The first-order chi connectivity index (χ1) is 9.75. The summed E-state index contributed by atoms with van der Waals surface area (Å²) in [5, 5.41) is 17.5. The predicted molar refractivity (Wildman–Crippen MR) is 72.1 cm³/mol. The summed E-state index contributed by atoms with van der Waals surface area (Å²) in [6, 6.07) is 5.84. The van der Waals surface area contributed by atoms with Gasteiger partial charge in [0.2, 0.25) is 10.0 Å². The number of hydrogen-bond donors (Lipinski definition) is 3. The van der Waals surface area contributed by atoms with Crippen molar-refractivity contribution in [3.8, 4) is 0 Å². The number of carbonyl (C=O) groups is 2. The molecule has 116 valence electrons. The number of rotatable bonds is 7. The van der Waals surface area contributed by atoms with E-state index in [-0.39, 0.29) is 5.56 Å². The van der Waals surface area contributed by atoms with Crippen molar-refractivity contribution < 1.29 is 33.0 Å². The van der Waals surface area contributed by atoms with Crippen LogP contribution in [0.25, 0.3) is 0 Å². The lowest BCUT2D eigenvalue weighted by atomic mass is 10.1. The Bertz CT molecular complexity index is 626. The highest BCUT2D eigenvalue weighted by molar-refractivity contribution is 7.88. The fraction of sp³-hybridized carbons (Fsp3) is 0.333. The van der Waals surface area contributed by atoms with E-state index in [1.807, 2.05) is 4.72 Å². The van der Waals surface area contributed by atoms with Gasteiger partial charge in [-0.15, -0.1) is 0 Å². The molecular formula is C12H15NO7S. The SMILES string of the molecule is COC(=O)c1cccc(CS(=O)(=O)NCC(O)C(=O)O)c1. The van der Waals surface area contributed by atoms with Crippen LogP contribution in [0.4, 0.5) is 0 Å². The number of esters is 1. The normalized spacial score (nSPS) is 12.7. The molecule has 0 saturated heterocycles. The van der Waals surface area contributed by atoms with Crippen LogP contribution in [-0.2, 0) is 25.3 Å². The lowest BCUT2D eigenvalue weighted by molar-refractivity contribution is -0.146. The van der Waals surface area contributed by atoms with Crippen molar-refractivity contribution in [2.45, 2.75) is 11.9 Å². The van der Waals surface area contributed by atoms with Crippen LogP contribution in [0.3, 0.4) is 0 Å². The fourth-order valence-electron chi connectivity index (χ4n) is 1.47. The zero-order valence-corrected chi connectivity index (χ0v) is 12.0. The quantitative estimate of drug-likeness (QED) is 0.569. The van der Waals surface area contributed by atoms with E-state index in [2.05, 4.69) is 4.74 Å². The smallest absolute Gasteiger partial charge is 0.337 e. The van der Waals surface area contributed by atoms with Crippen molar-refractivity contribution in [3.63, 3.8) is 0 Å². The van der Waals surface area contributed by atoms with E-state index in [4.69, 9.17) is 10.2 Å². The number of carboxylic acids is 1. The Hall–Kier alpha value is -1.97. The average Bonchev–Trinajstić information content (AvgIpc) is 2.43. The minimum absolute atomic E-state index is 0.204. The summed E-state index contributed by atoms with van der Waals surface area (Å²) in [7, 11) is -2.63. The van der Waals surface area contributed by atoms with Crippen LogP contribution >= 0.6 is 0 Å². The van der Waals surface area contributed by atoms with Gasteiger partial charge >= 0.3 is 11.9 Å². The van der Waals surface area contributed by atoms with Gasteiger partial charge in [-0.1, -0.05) is 12.1 Å². The highest BCUT2D eigenvalue weighted by Gasteiger charge is 2.18. The van der Waals surface area contributed by atoms with Gasteiger partial charge in [-0.2, -0.15) is 0 Å². The number of sulfonamides is 1. The van der Waals surface area contributed by atoms with Gasteiger partial charge in [0.15, 0.2) is 6.10 Å². The van der Waals surface area contributed by atoms with Crippen molar-refractivity contribution in [2.75, 3.05) is 13.7 Å². The van der Waals surface area contributed by atoms with Gasteiger partial charge in [0.1, 0.15) is 0 Å². The van der Waals surface area contributed by atoms with Crippen LogP contribution < -0.4 is 4.72 Å². The first-order valence-corrected chi connectivity index (χ1v) is 7.46. The van der Waals surface area contributed by atoms with Gasteiger partial charge in [-0.05, 0) is 17.7 Å². The Morgan fingerprint density at radius 1 is 1.38 bits per heavy atom. The molecule has 8 nitrogen and oxygen atoms in total. The van der Waals surface area contributed by atoms with Crippen molar-refractivity contribution in [1.29, 1.82) is 0 Å². The van der Waals surface area contributed by atoms with Gasteiger partial charge in [-0.25, -0.2) is 22.7 Å². The molecule has 0 bridgehead atoms. The average molecular weight is 317 g/mol. The second-order valence-corrected chi connectivity index (χ2v) is 5.96. The summed E-state index contributed by atoms with van der Waals surface area (Å²) in [5.41, 5.74) is 0.533. The van der Waals surface area contributed by atoms with Gasteiger partial charge in [0.05, 0.1) is 18.4 Å². The summed E-state index contributed by atoms with van der Waals surface area (Å²) < 4.78 is 30.0. The van der Waals surface area contributed by atoms with Crippen LogP contribution in [0.1, 0.15) is 15.9 Å². The number of ether oxygens (including phenoxy) is 1. The Kier molecular flexibility index (Phi) is 5.82. The van der Waals surface area contributed by atoms with Crippen LogP contribution in [-0.4, -0.2) is 50.3 Å². The molecule has 0 spiro atoms. The second kappa shape index (κ2) is 7.16. The number of carbonyl (C=O) groups excluding carboxylic acids is 1. The van der Waals surface area contributed by atoms with Crippen LogP contribution in [0, 0.1) is 0 Å². The first kappa shape index (κ1) is 17.1. The third kappa shape index (κ3) is 5.50. The molecule has 0 radical (unpaired) electrons. The Balaban J connectivity index is 2.75. The second-order valence-electron chi connectivity index (χ2n) is 4.15. The van der Waals surface area contributed by atoms with E-state index >= 15 is 0 Å². The van der Waals surface area contributed by atoms with Crippen molar-refractivity contribution >= 4 is 22.0 Å². The topological polar surface area (TPSA) is 130 Å². The minimum Gasteiger partial charge on any atom is -0.479 e. The number of aliphatic carboxylic acids is 1. The summed E-state index contributed by atoms with van der Waals surface area (Å²) >= 11 is 0. The molecule has 0 fully saturated rings. The maximum Gasteiger partial charge on any atom is 0.337 e. The first-order valence-electron chi connectivity index (χ1n) is 5.80. The van der Waals surface area contributed by atoms with E-state index in [1.165, 1.54) is 31.4 Å². The number of carboxylic acid groups (broad SMARTS) is 1. The zero-order chi connectivity index (χ0) is 16.0. The molecule has 0 heterocycles. The van der Waals surface area contributed by atoms with Gasteiger partial charge in [-0.3, -0.25) is 0 Å². The number of hydrogen-bond acceptors (Lipinski definition) is 6. The monoisotopic (exact) mass is 317 g/mol. The van der Waals surface area contributed by atoms with Crippen molar-refractivity contribution in [1.82, 2.24) is 4.72 Å². The Labute approximate surface area is 121 Å². The molecule has 0 amide bonds. The molecule has 1 unspecified atom stereocenters. The maximum atomic E-state index is 11.7. The third-order valence-electron chi connectivity index (χ3n) is 2.49. The summed E-state index contributed by atoms with van der Waals surface area (Å²) in [5.74, 6) is -2.57. The molecule has 3 N–H and O–H groups in total. The molecular weight excluding hydrogens is 302 g/mol. The third-order valence-corrected chi connectivity index (χ3v) is 3.81. The fourth-order valence-corrected chi connectivity index (χ4v) is 2.60. The molecule has 1 rings (SSSR count). The lowest BCUT2D eigenvalue weighted by Gasteiger charge is -2.09. The standard InChI is InChI=1S/C12H15NO7S/c1-20-12(17)9-4-2-3-8(5-9)7-21(18,19)13-6-10(14)11(15)16/h2-5,10,13-14H,6-7H2,1H3,(H,15,16). The van der Waals surface area contributed by atoms with E-state index in [1.54, 1.807) is 0 Å². The van der Waals surface area contributed by atoms with Crippen molar-refractivity contribution in [2.24, 2.45) is 0 Å². The predicted octanol–water partition coefficient (Wildman–Crippen LogP) is -0.662. The Morgan fingerprint density at radius 2 is 2.05 bits per heavy atom. The molecule has 1 aromatic rings. The number of benzene rings is 1. The summed E-state index contributed by atoms with van der Waals surface area (Å²) in [6.07, 6.45) is -1.82. The van der Waals surface area contributed by atoms with Crippen LogP contribution in [0.2, 0.25) is 0 Å². The molecule has 0 aliphatic rings. The summed E-state index contributed by atoms with van der Waals surface area (Å²) in [4.78, 5) is 21.7. The highest BCUT2D eigenvalue weighted by Crippen LogP contribution is 2.09. The number of aliphatic hydroxyl groups is 1. The number of aliphatic hydroxyl groups excluding tert-OH is 1. The largest absolute Gasteiger partial charge is 0.479 e. The Morgan fingerprint density at radius 3 is 2.62 bits per heavy atom. The van der Waals surface area contributed by atoms with Crippen LogP contribution in [0.15, 0.2) is 24.3 Å². The molecule has 1 atom stereocenters. The molecule has 0 aliphatic carbocycles.